The normalized spacial score (nSPS) is 14.3. The summed E-state index contributed by atoms with van der Waals surface area (Å²) >= 11 is 5.82. The minimum atomic E-state index is -0.491. The van der Waals surface area contributed by atoms with E-state index >= 15 is 0 Å². The number of esters is 1. The fourth-order valence-corrected chi connectivity index (χ4v) is 4.02. The number of methoxy groups -OCH3 is 1. The number of nitrogens with zero attached hydrogens (tertiary/aromatic N) is 1. The van der Waals surface area contributed by atoms with Gasteiger partial charge >= 0.3 is 5.97 Å². The van der Waals surface area contributed by atoms with Gasteiger partial charge in [-0.2, -0.15) is 0 Å². The van der Waals surface area contributed by atoms with E-state index in [1.165, 1.54) is 3.57 Å². The van der Waals surface area contributed by atoms with Crippen LogP contribution in [0.4, 0.5) is 0 Å². The Balaban J connectivity index is 1.58. The Morgan fingerprint density at radius 2 is 1.81 bits per heavy atom. The van der Waals surface area contributed by atoms with Crippen LogP contribution in [0, 0.1) is 10.5 Å². The lowest BCUT2D eigenvalue weighted by molar-refractivity contribution is -0.129. The van der Waals surface area contributed by atoms with Crippen LogP contribution in [-0.2, 0) is 16.1 Å². The zero-order valence-electron chi connectivity index (χ0n) is 17.4. The Morgan fingerprint density at radius 1 is 1.09 bits per heavy atom. The van der Waals surface area contributed by atoms with Crippen molar-refractivity contribution in [3.63, 3.8) is 0 Å². The van der Waals surface area contributed by atoms with Crippen LogP contribution >= 0.6 is 38.5 Å². The summed E-state index contributed by atoms with van der Waals surface area (Å²) in [4.78, 5) is 16.7. The number of rotatable bonds is 6. The van der Waals surface area contributed by atoms with Crippen molar-refractivity contribution in [2.75, 3.05) is 7.11 Å². The highest BCUT2D eigenvalue weighted by Gasteiger charge is 2.24. The van der Waals surface area contributed by atoms with Crippen LogP contribution in [0.5, 0.6) is 11.5 Å². The summed E-state index contributed by atoms with van der Waals surface area (Å²) < 4.78 is 18.8. The lowest BCUT2D eigenvalue weighted by Crippen LogP contribution is -2.05. The first-order chi connectivity index (χ1) is 15.4. The SMILES string of the molecule is COc1cc(/C=C2\N=C(c3ccc(C)cc3)OC2=O)cc(Br)c1OCc1ccc(I)cc1. The molecule has 1 aliphatic heterocycles. The first-order valence-electron chi connectivity index (χ1n) is 9.77. The first-order valence-corrected chi connectivity index (χ1v) is 11.6. The van der Waals surface area contributed by atoms with Crippen molar-refractivity contribution in [1.29, 1.82) is 0 Å². The van der Waals surface area contributed by atoms with E-state index < -0.39 is 5.97 Å². The van der Waals surface area contributed by atoms with Gasteiger partial charge in [0, 0.05) is 9.13 Å². The highest BCUT2D eigenvalue weighted by molar-refractivity contribution is 14.1. The molecule has 0 aromatic heterocycles. The zero-order chi connectivity index (χ0) is 22.7. The van der Waals surface area contributed by atoms with Crippen LogP contribution in [0.2, 0.25) is 0 Å². The van der Waals surface area contributed by atoms with Gasteiger partial charge in [-0.1, -0.05) is 29.8 Å². The van der Waals surface area contributed by atoms with Crippen LogP contribution < -0.4 is 9.47 Å². The third-order valence-corrected chi connectivity index (χ3v) is 6.08. The quantitative estimate of drug-likeness (QED) is 0.189. The van der Waals surface area contributed by atoms with Crippen molar-refractivity contribution in [2.24, 2.45) is 4.99 Å². The average Bonchev–Trinajstić information content (AvgIpc) is 3.14. The molecule has 162 valence electrons. The van der Waals surface area contributed by atoms with Crippen molar-refractivity contribution in [3.05, 3.63) is 96.7 Å². The molecule has 0 saturated heterocycles. The molecule has 3 aromatic rings. The molecule has 5 nitrogen and oxygen atoms in total. The van der Waals surface area contributed by atoms with E-state index in [0.29, 0.717) is 28.5 Å². The number of carbonyl (C=O) groups excluding carboxylic acids is 1. The van der Waals surface area contributed by atoms with Crippen molar-refractivity contribution >= 4 is 56.5 Å². The van der Waals surface area contributed by atoms with Crippen molar-refractivity contribution < 1.29 is 19.0 Å². The minimum Gasteiger partial charge on any atom is -0.493 e. The number of aliphatic imine (C=N–C) groups is 1. The van der Waals surface area contributed by atoms with Crippen LogP contribution in [0.3, 0.4) is 0 Å². The molecule has 3 aromatic carbocycles. The lowest BCUT2D eigenvalue weighted by Gasteiger charge is -2.14. The van der Waals surface area contributed by atoms with Crippen LogP contribution in [0.25, 0.3) is 6.08 Å². The number of benzene rings is 3. The molecule has 0 spiro atoms. The third-order valence-electron chi connectivity index (χ3n) is 4.77. The fraction of sp³-hybridized carbons (Fsp3) is 0.120. The monoisotopic (exact) mass is 603 g/mol. The summed E-state index contributed by atoms with van der Waals surface area (Å²) in [7, 11) is 1.58. The summed E-state index contributed by atoms with van der Waals surface area (Å²) in [5.74, 6) is 0.941. The molecular formula is C25H19BrINO4. The Morgan fingerprint density at radius 3 is 2.50 bits per heavy atom. The van der Waals surface area contributed by atoms with E-state index in [4.69, 9.17) is 14.2 Å². The first kappa shape index (κ1) is 22.5. The molecule has 32 heavy (non-hydrogen) atoms. The molecule has 1 aliphatic rings. The van der Waals surface area contributed by atoms with Gasteiger partial charge < -0.3 is 14.2 Å². The predicted molar refractivity (Wildman–Crippen MR) is 136 cm³/mol. The second-order valence-electron chi connectivity index (χ2n) is 7.15. The van der Waals surface area contributed by atoms with Crippen molar-refractivity contribution in [1.82, 2.24) is 0 Å². The van der Waals surface area contributed by atoms with E-state index in [-0.39, 0.29) is 5.70 Å². The summed E-state index contributed by atoms with van der Waals surface area (Å²) in [6.45, 7) is 2.40. The van der Waals surface area contributed by atoms with Crippen LogP contribution in [-0.4, -0.2) is 19.0 Å². The van der Waals surface area contributed by atoms with E-state index in [2.05, 4.69) is 43.5 Å². The molecule has 0 bridgehead atoms. The smallest absolute Gasteiger partial charge is 0.363 e. The number of ether oxygens (including phenoxy) is 3. The van der Waals surface area contributed by atoms with Gasteiger partial charge in [-0.15, -0.1) is 0 Å². The maximum absolute atomic E-state index is 12.3. The predicted octanol–water partition coefficient (Wildman–Crippen LogP) is 6.29. The van der Waals surface area contributed by atoms with Gasteiger partial charge in [0.05, 0.1) is 11.6 Å². The minimum absolute atomic E-state index is 0.224. The van der Waals surface area contributed by atoms with Crippen LogP contribution in [0.1, 0.15) is 22.3 Å². The van der Waals surface area contributed by atoms with Gasteiger partial charge in [-0.3, -0.25) is 0 Å². The molecule has 0 fully saturated rings. The molecule has 0 saturated carbocycles. The topological polar surface area (TPSA) is 57.1 Å². The second-order valence-corrected chi connectivity index (χ2v) is 9.25. The number of halogens is 2. The summed E-state index contributed by atoms with van der Waals surface area (Å²) in [5.41, 5.74) is 3.89. The number of hydrogen-bond donors (Lipinski definition) is 0. The molecule has 0 atom stereocenters. The molecule has 0 unspecified atom stereocenters. The summed E-state index contributed by atoms with van der Waals surface area (Å²) in [6.07, 6.45) is 1.67. The van der Waals surface area contributed by atoms with Gasteiger partial charge in [0.25, 0.3) is 0 Å². The maximum Gasteiger partial charge on any atom is 0.363 e. The lowest BCUT2D eigenvalue weighted by atomic mass is 10.1. The Kier molecular flexibility index (Phi) is 6.95. The van der Waals surface area contributed by atoms with Gasteiger partial charge in [-0.25, -0.2) is 9.79 Å². The second kappa shape index (κ2) is 9.87. The average molecular weight is 604 g/mol. The number of cyclic esters (lactones) is 1. The maximum atomic E-state index is 12.3. The van der Waals surface area contributed by atoms with Gasteiger partial charge in [-0.05, 0) is 99.0 Å². The van der Waals surface area contributed by atoms with Gasteiger partial charge in [0.2, 0.25) is 5.90 Å². The highest BCUT2D eigenvalue weighted by Crippen LogP contribution is 2.38. The molecule has 4 rings (SSSR count). The standard InChI is InChI=1S/C25H19BrINO4/c1-15-3-7-18(8-4-15)24-28-21(25(29)32-24)12-17-11-20(26)23(22(13-17)30-2)31-14-16-5-9-19(27)10-6-16/h3-13H,14H2,1-2H3/b21-12-. The number of hydrogen-bond acceptors (Lipinski definition) is 5. The summed E-state index contributed by atoms with van der Waals surface area (Å²) in [6, 6.07) is 19.4. The Bertz CT molecular complexity index is 1220. The molecular weight excluding hydrogens is 585 g/mol. The van der Waals surface area contributed by atoms with Gasteiger partial charge in [0.15, 0.2) is 17.2 Å². The third kappa shape index (κ3) is 5.21. The van der Waals surface area contributed by atoms with Crippen molar-refractivity contribution in [3.8, 4) is 11.5 Å². The summed E-state index contributed by atoms with van der Waals surface area (Å²) in [5, 5.41) is 0. The van der Waals surface area contributed by atoms with Crippen LogP contribution in [0.15, 0.2) is 75.8 Å². The molecule has 0 radical (unpaired) electrons. The van der Waals surface area contributed by atoms with E-state index in [1.807, 2.05) is 61.5 Å². The molecule has 0 N–H and O–H groups in total. The van der Waals surface area contributed by atoms with Crippen molar-refractivity contribution in [2.45, 2.75) is 13.5 Å². The molecule has 0 aliphatic carbocycles. The number of aryl methyl sites for hydroxylation is 1. The van der Waals surface area contributed by atoms with E-state index in [0.717, 1.165) is 22.3 Å². The van der Waals surface area contributed by atoms with E-state index in [1.54, 1.807) is 19.3 Å². The molecule has 1 heterocycles. The van der Waals surface area contributed by atoms with E-state index in [9.17, 15) is 4.79 Å². The van der Waals surface area contributed by atoms with Gasteiger partial charge in [0.1, 0.15) is 6.61 Å². The molecule has 0 amide bonds. The fourth-order valence-electron chi connectivity index (χ4n) is 3.09. The Hall–Kier alpha value is -2.65. The largest absolute Gasteiger partial charge is 0.493 e. The highest BCUT2D eigenvalue weighted by atomic mass is 127. The Labute approximate surface area is 208 Å². The zero-order valence-corrected chi connectivity index (χ0v) is 21.1. The molecule has 7 heteroatoms. The number of carbonyl (C=O) groups is 1.